The first-order valence-corrected chi connectivity index (χ1v) is 10.3. The minimum absolute atomic E-state index is 0.00861. The Morgan fingerprint density at radius 2 is 1.89 bits per heavy atom. The van der Waals surface area contributed by atoms with Crippen molar-refractivity contribution in [1.82, 2.24) is 4.90 Å². The first kappa shape index (κ1) is 18.6. The minimum atomic E-state index is -0.324. The molecule has 0 bridgehead atoms. The zero-order valence-corrected chi connectivity index (χ0v) is 16.4. The zero-order chi connectivity index (χ0) is 19.7. The summed E-state index contributed by atoms with van der Waals surface area (Å²) >= 11 is 1.51. The highest BCUT2D eigenvalue weighted by Crippen LogP contribution is 2.43. The van der Waals surface area contributed by atoms with Gasteiger partial charge in [-0.15, -0.1) is 0 Å². The second kappa shape index (κ2) is 7.69. The molecule has 28 heavy (non-hydrogen) atoms. The van der Waals surface area contributed by atoms with Gasteiger partial charge in [-0.1, -0.05) is 43.0 Å². The Bertz CT molecular complexity index is 963. The smallest absolute Gasteiger partial charge is 0.229 e. The summed E-state index contributed by atoms with van der Waals surface area (Å²) in [4.78, 5) is 16.7. The lowest BCUT2D eigenvalue weighted by Crippen LogP contribution is -2.47. The molecule has 1 fully saturated rings. The lowest BCUT2D eigenvalue weighted by Gasteiger charge is -2.42. The van der Waals surface area contributed by atoms with Gasteiger partial charge in [0, 0.05) is 18.0 Å². The molecule has 0 N–H and O–H groups in total. The fourth-order valence-corrected chi connectivity index (χ4v) is 4.82. The zero-order valence-electron chi connectivity index (χ0n) is 15.6. The molecule has 1 saturated heterocycles. The maximum absolute atomic E-state index is 13.3. The van der Waals surface area contributed by atoms with E-state index in [2.05, 4.69) is 42.2 Å². The van der Waals surface area contributed by atoms with Gasteiger partial charge in [-0.3, -0.25) is 9.69 Å². The number of amides is 1. The standard InChI is InChI=1S/C22H20FN3OS/c1-2-15-3-9-18(10-4-15)25-13-26-21(27)11-19(16-5-7-17(23)8-6-16)20(12-24)22(26)28-14-25/h3-10,19H,2,11,13-14H2,1H3/t19-/m1/s1. The van der Waals surface area contributed by atoms with Crippen molar-refractivity contribution in [2.45, 2.75) is 25.7 Å². The Kier molecular flexibility index (Phi) is 5.10. The number of nitriles is 1. The van der Waals surface area contributed by atoms with E-state index in [1.54, 1.807) is 17.0 Å². The maximum atomic E-state index is 13.3. The maximum Gasteiger partial charge on any atom is 0.229 e. The predicted octanol–water partition coefficient (Wildman–Crippen LogP) is 4.61. The molecule has 1 atom stereocenters. The van der Waals surface area contributed by atoms with Crippen LogP contribution in [-0.4, -0.2) is 23.4 Å². The van der Waals surface area contributed by atoms with Gasteiger partial charge in [0.2, 0.25) is 5.91 Å². The van der Waals surface area contributed by atoms with Crippen molar-refractivity contribution < 1.29 is 9.18 Å². The summed E-state index contributed by atoms with van der Waals surface area (Å²) < 4.78 is 13.3. The molecule has 2 heterocycles. The van der Waals surface area contributed by atoms with E-state index in [0.717, 1.165) is 22.7 Å². The van der Waals surface area contributed by atoms with Crippen molar-refractivity contribution in [2.75, 3.05) is 17.4 Å². The second-order valence-corrected chi connectivity index (χ2v) is 7.87. The normalized spacial score (nSPS) is 19.5. The van der Waals surface area contributed by atoms with Crippen molar-refractivity contribution in [3.05, 3.63) is 76.1 Å². The number of carbonyl (C=O) groups excluding carboxylic acids is 1. The topological polar surface area (TPSA) is 47.3 Å². The molecular weight excluding hydrogens is 373 g/mol. The number of rotatable bonds is 3. The van der Waals surface area contributed by atoms with E-state index in [0.29, 0.717) is 18.1 Å². The Hall–Kier alpha value is -2.78. The van der Waals surface area contributed by atoms with Crippen molar-refractivity contribution >= 4 is 23.4 Å². The highest BCUT2D eigenvalue weighted by molar-refractivity contribution is 8.03. The second-order valence-electron chi connectivity index (χ2n) is 6.94. The number of hydrogen-bond acceptors (Lipinski definition) is 4. The molecule has 6 heteroatoms. The molecule has 142 valence electrons. The first-order chi connectivity index (χ1) is 13.6. The third-order valence-corrected chi connectivity index (χ3v) is 6.43. The van der Waals surface area contributed by atoms with Crippen LogP contribution in [0.25, 0.3) is 0 Å². The van der Waals surface area contributed by atoms with Crippen molar-refractivity contribution in [3.8, 4) is 6.07 Å². The molecule has 2 aliphatic rings. The van der Waals surface area contributed by atoms with Crippen LogP contribution >= 0.6 is 11.8 Å². The highest BCUT2D eigenvalue weighted by atomic mass is 32.2. The Labute approximate surface area is 168 Å². The molecule has 0 unspecified atom stereocenters. The van der Waals surface area contributed by atoms with Crippen LogP contribution in [0.2, 0.25) is 0 Å². The third-order valence-electron chi connectivity index (χ3n) is 5.28. The van der Waals surface area contributed by atoms with Crippen LogP contribution in [0.5, 0.6) is 0 Å². The fourth-order valence-electron chi connectivity index (χ4n) is 3.65. The van der Waals surface area contributed by atoms with E-state index >= 15 is 0 Å². The number of thioether (sulfide) groups is 1. The molecular formula is C22H20FN3OS. The van der Waals surface area contributed by atoms with Gasteiger partial charge in [-0.25, -0.2) is 4.39 Å². The third kappa shape index (κ3) is 3.38. The van der Waals surface area contributed by atoms with Gasteiger partial charge >= 0.3 is 0 Å². The number of nitrogens with zero attached hydrogens (tertiary/aromatic N) is 3. The quantitative estimate of drug-likeness (QED) is 0.764. The molecule has 2 aliphatic heterocycles. The van der Waals surface area contributed by atoms with Crippen molar-refractivity contribution in [1.29, 1.82) is 5.26 Å². The molecule has 2 aromatic carbocycles. The van der Waals surface area contributed by atoms with Crippen LogP contribution in [0.3, 0.4) is 0 Å². The summed E-state index contributed by atoms with van der Waals surface area (Å²) in [5, 5.41) is 10.5. The Morgan fingerprint density at radius 3 is 2.54 bits per heavy atom. The van der Waals surface area contributed by atoms with Crippen LogP contribution in [0.15, 0.2) is 59.1 Å². The number of hydrogen-bond donors (Lipinski definition) is 0. The molecule has 4 rings (SSSR count). The van der Waals surface area contributed by atoms with E-state index in [1.807, 2.05) is 0 Å². The Balaban J connectivity index is 1.62. The monoisotopic (exact) mass is 393 g/mol. The lowest BCUT2D eigenvalue weighted by atomic mass is 9.86. The van der Waals surface area contributed by atoms with Crippen LogP contribution in [-0.2, 0) is 11.2 Å². The van der Waals surface area contributed by atoms with Crippen LogP contribution in [0.1, 0.15) is 30.4 Å². The average molecular weight is 393 g/mol. The van der Waals surface area contributed by atoms with Gasteiger partial charge in [-0.05, 0) is 41.8 Å². The molecule has 0 spiro atoms. The van der Waals surface area contributed by atoms with Gasteiger partial charge in [-0.2, -0.15) is 5.26 Å². The number of allylic oxidation sites excluding steroid dienone is 1. The first-order valence-electron chi connectivity index (χ1n) is 9.27. The van der Waals surface area contributed by atoms with Gasteiger partial charge in [0.25, 0.3) is 0 Å². The molecule has 2 aromatic rings. The van der Waals surface area contributed by atoms with E-state index in [4.69, 9.17) is 0 Å². The molecule has 0 aliphatic carbocycles. The summed E-state index contributed by atoms with van der Waals surface area (Å²) in [6, 6.07) is 16.8. The summed E-state index contributed by atoms with van der Waals surface area (Å²) in [6.07, 6.45) is 1.21. The molecule has 4 nitrogen and oxygen atoms in total. The largest absolute Gasteiger partial charge is 0.344 e. The molecule has 0 aromatic heterocycles. The number of aryl methyl sites for hydroxylation is 1. The number of fused-ring (bicyclic) bond motifs is 1. The van der Waals surface area contributed by atoms with Gasteiger partial charge < -0.3 is 4.90 Å². The Morgan fingerprint density at radius 1 is 1.18 bits per heavy atom. The van der Waals surface area contributed by atoms with E-state index in [9.17, 15) is 14.4 Å². The SMILES string of the molecule is CCc1ccc(N2CSC3=C(C#N)[C@@H](c4ccc(F)cc4)CC(=O)N3C2)cc1. The summed E-state index contributed by atoms with van der Waals surface area (Å²) in [7, 11) is 0. The van der Waals surface area contributed by atoms with Crippen molar-refractivity contribution in [3.63, 3.8) is 0 Å². The molecule has 1 amide bonds. The number of carbonyl (C=O) groups is 1. The van der Waals surface area contributed by atoms with Gasteiger partial charge in [0.05, 0.1) is 29.2 Å². The van der Waals surface area contributed by atoms with Crippen LogP contribution < -0.4 is 4.90 Å². The van der Waals surface area contributed by atoms with E-state index in [1.165, 1.54) is 29.5 Å². The van der Waals surface area contributed by atoms with Crippen LogP contribution in [0, 0.1) is 17.1 Å². The number of halogens is 1. The number of anilines is 1. The van der Waals surface area contributed by atoms with E-state index in [-0.39, 0.29) is 24.1 Å². The number of benzene rings is 2. The van der Waals surface area contributed by atoms with E-state index < -0.39 is 0 Å². The van der Waals surface area contributed by atoms with Crippen molar-refractivity contribution in [2.24, 2.45) is 0 Å². The summed E-state index contributed by atoms with van der Waals surface area (Å²) in [5.74, 6) is 0.0275. The summed E-state index contributed by atoms with van der Waals surface area (Å²) in [6.45, 7) is 2.56. The fraction of sp³-hybridized carbons (Fsp3) is 0.273. The summed E-state index contributed by atoms with van der Waals surface area (Å²) in [5.41, 5.74) is 3.74. The highest BCUT2D eigenvalue weighted by Gasteiger charge is 2.38. The average Bonchev–Trinajstić information content (AvgIpc) is 2.74. The van der Waals surface area contributed by atoms with Gasteiger partial charge in [0.1, 0.15) is 5.82 Å². The molecule has 0 saturated carbocycles. The predicted molar refractivity (Wildman–Crippen MR) is 109 cm³/mol. The minimum Gasteiger partial charge on any atom is -0.344 e. The van der Waals surface area contributed by atoms with Crippen LogP contribution in [0.4, 0.5) is 10.1 Å². The van der Waals surface area contributed by atoms with Gasteiger partial charge in [0.15, 0.2) is 0 Å². The lowest BCUT2D eigenvalue weighted by molar-refractivity contribution is -0.129. The molecule has 0 radical (unpaired) electrons.